The maximum atomic E-state index is 12.9. The van der Waals surface area contributed by atoms with Crippen molar-refractivity contribution in [3.63, 3.8) is 0 Å². The molecule has 0 aliphatic heterocycles. The standard InChI is InChI=1S/C14H14F3N5O3/c1-8-13(22(24)25)9(2)21(20-8)7-12(23)19-18-11-6-4-3-5-10(11)14(15,16)17/h3-6,18H,7H2,1-2H3,(H,19,23). The van der Waals surface area contributed by atoms with Gasteiger partial charge in [0.25, 0.3) is 5.91 Å². The number of carbonyl (C=O) groups is 1. The monoisotopic (exact) mass is 357 g/mol. The first kappa shape index (κ1) is 18.2. The number of hydrazine groups is 1. The highest BCUT2D eigenvalue weighted by Gasteiger charge is 2.33. The lowest BCUT2D eigenvalue weighted by Crippen LogP contribution is -2.33. The van der Waals surface area contributed by atoms with Crippen LogP contribution in [0.3, 0.4) is 0 Å². The third kappa shape index (κ3) is 4.05. The lowest BCUT2D eigenvalue weighted by molar-refractivity contribution is -0.386. The molecule has 0 saturated carbocycles. The SMILES string of the molecule is Cc1nn(CC(=O)NNc2ccccc2C(F)(F)F)c(C)c1[N+](=O)[O-]. The zero-order chi connectivity index (χ0) is 18.8. The average Bonchev–Trinajstić information content (AvgIpc) is 2.78. The van der Waals surface area contributed by atoms with Crippen LogP contribution >= 0.6 is 0 Å². The fraction of sp³-hybridized carbons (Fsp3) is 0.286. The van der Waals surface area contributed by atoms with Crippen LogP contribution in [0.4, 0.5) is 24.5 Å². The number of para-hydroxylation sites is 1. The fourth-order valence-corrected chi connectivity index (χ4v) is 2.26. The van der Waals surface area contributed by atoms with Crippen molar-refractivity contribution in [3.05, 3.63) is 51.3 Å². The fourth-order valence-electron chi connectivity index (χ4n) is 2.26. The Morgan fingerprint density at radius 2 is 1.96 bits per heavy atom. The largest absolute Gasteiger partial charge is 0.418 e. The highest BCUT2D eigenvalue weighted by molar-refractivity contribution is 5.77. The van der Waals surface area contributed by atoms with Crippen molar-refractivity contribution in [1.29, 1.82) is 0 Å². The van der Waals surface area contributed by atoms with Crippen LogP contribution in [0.5, 0.6) is 0 Å². The number of alkyl halides is 3. The number of amides is 1. The molecule has 1 amide bonds. The quantitative estimate of drug-likeness (QED) is 0.632. The molecule has 0 aliphatic rings. The molecule has 0 radical (unpaired) electrons. The van der Waals surface area contributed by atoms with E-state index < -0.39 is 22.6 Å². The van der Waals surface area contributed by atoms with Crippen molar-refractivity contribution in [2.75, 3.05) is 5.43 Å². The highest BCUT2D eigenvalue weighted by Crippen LogP contribution is 2.34. The summed E-state index contributed by atoms with van der Waals surface area (Å²) in [6.45, 7) is 2.47. The second kappa shape index (κ2) is 6.79. The number of hydrogen-bond donors (Lipinski definition) is 2. The van der Waals surface area contributed by atoms with E-state index in [9.17, 15) is 28.1 Å². The number of rotatable bonds is 5. The van der Waals surface area contributed by atoms with E-state index in [4.69, 9.17) is 0 Å². The second-order valence-electron chi connectivity index (χ2n) is 5.15. The minimum absolute atomic E-state index is 0.144. The van der Waals surface area contributed by atoms with Gasteiger partial charge in [0, 0.05) is 0 Å². The van der Waals surface area contributed by atoms with Gasteiger partial charge in [0.05, 0.1) is 16.2 Å². The van der Waals surface area contributed by atoms with Crippen LogP contribution in [0.25, 0.3) is 0 Å². The molecule has 134 valence electrons. The maximum absolute atomic E-state index is 12.9. The zero-order valence-corrected chi connectivity index (χ0v) is 13.2. The number of hydrogen-bond acceptors (Lipinski definition) is 5. The topological polar surface area (TPSA) is 102 Å². The number of anilines is 1. The molecule has 2 N–H and O–H groups in total. The van der Waals surface area contributed by atoms with Gasteiger partial charge in [0.1, 0.15) is 17.9 Å². The highest BCUT2D eigenvalue weighted by atomic mass is 19.4. The zero-order valence-electron chi connectivity index (χ0n) is 13.2. The molecule has 0 unspecified atom stereocenters. The second-order valence-corrected chi connectivity index (χ2v) is 5.15. The molecule has 0 atom stereocenters. The first-order valence-electron chi connectivity index (χ1n) is 7.00. The van der Waals surface area contributed by atoms with Crippen LogP contribution < -0.4 is 10.9 Å². The van der Waals surface area contributed by atoms with Gasteiger partial charge in [-0.2, -0.15) is 18.3 Å². The minimum Gasteiger partial charge on any atom is -0.298 e. The van der Waals surface area contributed by atoms with Crippen molar-refractivity contribution < 1.29 is 22.9 Å². The van der Waals surface area contributed by atoms with Gasteiger partial charge in [-0.15, -0.1) is 0 Å². The predicted molar refractivity (Wildman–Crippen MR) is 81.6 cm³/mol. The molecule has 2 aromatic rings. The van der Waals surface area contributed by atoms with Crippen LogP contribution in [-0.2, 0) is 17.5 Å². The van der Waals surface area contributed by atoms with Gasteiger partial charge < -0.3 is 0 Å². The van der Waals surface area contributed by atoms with Crippen molar-refractivity contribution in [1.82, 2.24) is 15.2 Å². The summed E-state index contributed by atoms with van der Waals surface area (Å²) in [5.41, 5.74) is 3.20. The van der Waals surface area contributed by atoms with Gasteiger partial charge >= 0.3 is 11.9 Å². The number of nitrogens with one attached hydrogen (secondary N) is 2. The molecule has 0 saturated heterocycles. The van der Waals surface area contributed by atoms with Crippen molar-refractivity contribution in [2.45, 2.75) is 26.6 Å². The Kier molecular flexibility index (Phi) is 4.95. The number of nitro groups is 1. The average molecular weight is 357 g/mol. The molecule has 0 spiro atoms. The van der Waals surface area contributed by atoms with Gasteiger partial charge in [0.15, 0.2) is 0 Å². The summed E-state index contributed by atoms with van der Waals surface area (Å²) in [5, 5.41) is 14.8. The first-order valence-corrected chi connectivity index (χ1v) is 7.00. The van der Waals surface area contributed by atoms with E-state index in [2.05, 4.69) is 16.0 Å². The van der Waals surface area contributed by atoms with Gasteiger partial charge in [0.2, 0.25) is 0 Å². The Balaban J connectivity index is 2.08. The molecule has 25 heavy (non-hydrogen) atoms. The summed E-state index contributed by atoms with van der Waals surface area (Å²) in [4.78, 5) is 22.2. The third-order valence-electron chi connectivity index (χ3n) is 3.39. The molecular formula is C14H14F3N5O3. The van der Waals surface area contributed by atoms with E-state index in [1.54, 1.807) is 0 Å². The van der Waals surface area contributed by atoms with Crippen molar-refractivity contribution >= 4 is 17.3 Å². The Bertz CT molecular complexity index is 817. The lowest BCUT2D eigenvalue weighted by Gasteiger charge is -2.15. The summed E-state index contributed by atoms with van der Waals surface area (Å²) >= 11 is 0. The molecule has 0 bridgehead atoms. The molecule has 0 aliphatic carbocycles. The summed E-state index contributed by atoms with van der Waals surface area (Å²) in [5.74, 6) is -0.711. The third-order valence-corrected chi connectivity index (χ3v) is 3.39. The van der Waals surface area contributed by atoms with E-state index in [0.717, 1.165) is 16.8 Å². The summed E-state index contributed by atoms with van der Waals surface area (Å²) in [7, 11) is 0. The van der Waals surface area contributed by atoms with E-state index in [0.29, 0.717) is 0 Å². The number of carbonyl (C=O) groups excluding carboxylic acids is 1. The summed E-state index contributed by atoms with van der Waals surface area (Å²) < 4.78 is 39.7. The number of nitrogens with zero attached hydrogens (tertiary/aromatic N) is 3. The molecule has 8 nitrogen and oxygen atoms in total. The van der Waals surface area contributed by atoms with Crippen LogP contribution in [0.1, 0.15) is 17.0 Å². The van der Waals surface area contributed by atoms with Gasteiger partial charge in [-0.1, -0.05) is 12.1 Å². The maximum Gasteiger partial charge on any atom is 0.418 e. The van der Waals surface area contributed by atoms with E-state index in [-0.39, 0.29) is 29.3 Å². The van der Waals surface area contributed by atoms with Crippen LogP contribution in [0.15, 0.2) is 24.3 Å². The molecule has 1 aromatic carbocycles. The van der Waals surface area contributed by atoms with Crippen LogP contribution in [-0.4, -0.2) is 20.6 Å². The van der Waals surface area contributed by atoms with Crippen molar-refractivity contribution in [3.8, 4) is 0 Å². The van der Waals surface area contributed by atoms with E-state index >= 15 is 0 Å². The minimum atomic E-state index is -4.58. The molecule has 1 heterocycles. The molecular weight excluding hydrogens is 343 g/mol. The Labute approximate surface area is 139 Å². The van der Waals surface area contributed by atoms with E-state index in [1.165, 1.54) is 26.0 Å². The van der Waals surface area contributed by atoms with Gasteiger partial charge in [-0.3, -0.25) is 30.4 Å². The first-order chi connectivity index (χ1) is 11.6. The van der Waals surface area contributed by atoms with E-state index in [1.807, 2.05) is 0 Å². The normalized spacial score (nSPS) is 11.2. The Morgan fingerprint density at radius 3 is 2.52 bits per heavy atom. The smallest absolute Gasteiger partial charge is 0.298 e. The number of aromatic nitrogens is 2. The molecule has 11 heteroatoms. The van der Waals surface area contributed by atoms with Gasteiger partial charge in [-0.05, 0) is 26.0 Å². The number of halogens is 3. The van der Waals surface area contributed by atoms with Crippen LogP contribution in [0, 0.1) is 24.0 Å². The Morgan fingerprint density at radius 1 is 1.32 bits per heavy atom. The molecule has 1 aromatic heterocycles. The Hall–Kier alpha value is -3.11. The molecule has 2 rings (SSSR count). The number of aryl methyl sites for hydroxylation is 1. The lowest BCUT2D eigenvalue weighted by atomic mass is 10.2. The number of benzene rings is 1. The molecule has 0 fully saturated rings. The van der Waals surface area contributed by atoms with Gasteiger partial charge in [-0.25, -0.2) is 0 Å². The van der Waals surface area contributed by atoms with Crippen LogP contribution in [0.2, 0.25) is 0 Å². The summed E-state index contributed by atoms with van der Waals surface area (Å²) in [6.07, 6.45) is -4.58. The summed E-state index contributed by atoms with van der Waals surface area (Å²) in [6, 6.07) is 4.65. The predicted octanol–water partition coefficient (Wildman–Crippen LogP) is 2.57. The van der Waals surface area contributed by atoms with Crippen molar-refractivity contribution in [2.24, 2.45) is 0 Å².